The molecule has 2 N–H and O–H groups in total. The van der Waals surface area contributed by atoms with Crippen molar-refractivity contribution in [3.8, 4) is 5.75 Å². The first-order valence-electron chi connectivity index (χ1n) is 22.2. The van der Waals surface area contributed by atoms with Crippen LogP contribution in [0.2, 0.25) is 0 Å². The van der Waals surface area contributed by atoms with E-state index in [9.17, 15) is 24.0 Å². The Morgan fingerprint density at radius 2 is 1.81 bits per heavy atom. The van der Waals surface area contributed by atoms with Gasteiger partial charge in [0.25, 0.3) is 17.7 Å². The molecule has 6 aliphatic heterocycles. The van der Waals surface area contributed by atoms with Gasteiger partial charge in [-0.15, -0.1) is 0 Å². The molecule has 330 valence electrons. The first-order chi connectivity index (χ1) is 31.0. The first-order valence-corrected chi connectivity index (χ1v) is 22.2. The third kappa shape index (κ3) is 6.83. The maximum atomic E-state index is 16.2. The number of hydrogen-bond donors (Lipinski definition) is 2. The number of anilines is 3. The lowest BCUT2D eigenvalue weighted by Gasteiger charge is -2.48. The van der Waals surface area contributed by atoms with E-state index in [1.165, 1.54) is 0 Å². The third-order valence-electron chi connectivity index (χ3n) is 14.0. The molecule has 3 aromatic heterocycles. The number of carbonyl (C=O) groups excluding carboxylic acids is 5. The minimum atomic E-state index is -1.45. The van der Waals surface area contributed by atoms with Crippen molar-refractivity contribution in [1.29, 1.82) is 0 Å². The molecule has 12 rings (SSSR count). The summed E-state index contributed by atoms with van der Waals surface area (Å²) in [7, 11) is 0. The second-order valence-electron chi connectivity index (χ2n) is 18.5. The van der Waals surface area contributed by atoms with Crippen molar-refractivity contribution in [2.24, 2.45) is 5.92 Å². The predicted octanol–water partition coefficient (Wildman–Crippen LogP) is 3.36. The molecule has 0 radical (unpaired) electrons. The Hall–Kier alpha value is -6.47. The summed E-state index contributed by atoms with van der Waals surface area (Å²) in [5.74, 6) is -0.719. The highest BCUT2D eigenvalue weighted by Crippen LogP contribution is 2.39. The van der Waals surface area contributed by atoms with E-state index in [4.69, 9.17) is 19.6 Å². The molecule has 1 saturated carbocycles. The van der Waals surface area contributed by atoms with Crippen molar-refractivity contribution in [1.82, 2.24) is 39.5 Å². The monoisotopic (exact) mass is 871 g/mol. The van der Waals surface area contributed by atoms with Gasteiger partial charge in [0.2, 0.25) is 11.8 Å². The second-order valence-corrected chi connectivity index (χ2v) is 18.5. The fourth-order valence-corrected chi connectivity index (χ4v) is 10.3. The number of imide groups is 2. The summed E-state index contributed by atoms with van der Waals surface area (Å²) in [5, 5.41) is 15.6. The Morgan fingerprint density at radius 3 is 2.58 bits per heavy atom. The molecule has 2 bridgehead atoms. The van der Waals surface area contributed by atoms with Gasteiger partial charge in [0.15, 0.2) is 11.3 Å². The zero-order valence-corrected chi connectivity index (χ0v) is 35.0. The summed E-state index contributed by atoms with van der Waals surface area (Å²) in [4.78, 5) is 76.6. The summed E-state index contributed by atoms with van der Waals surface area (Å²) in [5.41, 5.74) is 1.70. The maximum absolute atomic E-state index is 16.2. The molecule has 5 aromatic rings. The number of halogens is 1. The van der Waals surface area contributed by atoms with Crippen LogP contribution in [0.25, 0.3) is 16.6 Å². The van der Waals surface area contributed by atoms with Gasteiger partial charge < -0.3 is 24.6 Å². The lowest BCUT2D eigenvalue weighted by atomic mass is 9.92. The highest BCUT2D eigenvalue weighted by molar-refractivity contribution is 6.23. The molecule has 7 aliphatic rings. The van der Waals surface area contributed by atoms with Crippen LogP contribution in [0.4, 0.5) is 21.6 Å². The van der Waals surface area contributed by atoms with Crippen LogP contribution < -0.4 is 25.2 Å². The van der Waals surface area contributed by atoms with Gasteiger partial charge in [-0.05, 0) is 74.8 Å². The van der Waals surface area contributed by atoms with Crippen LogP contribution in [-0.4, -0.2) is 140 Å². The quantitative estimate of drug-likeness (QED) is 0.184. The lowest BCUT2D eigenvalue weighted by molar-refractivity contribution is -0.136. The van der Waals surface area contributed by atoms with E-state index < -0.39 is 35.3 Å². The summed E-state index contributed by atoms with van der Waals surface area (Å²) in [6, 6.07) is 9.95. The number of alkyl halides is 1. The van der Waals surface area contributed by atoms with E-state index in [0.717, 1.165) is 60.3 Å². The van der Waals surface area contributed by atoms with Gasteiger partial charge >= 0.3 is 0 Å². The van der Waals surface area contributed by atoms with Gasteiger partial charge in [0.05, 0.1) is 73.0 Å². The van der Waals surface area contributed by atoms with Crippen LogP contribution in [0.15, 0.2) is 55.0 Å². The van der Waals surface area contributed by atoms with E-state index in [0.29, 0.717) is 60.6 Å². The lowest BCUT2D eigenvalue weighted by Crippen LogP contribution is -2.64. The largest absolute Gasteiger partial charge is 0.491 e. The molecular formula is C45H46FN11O7. The van der Waals surface area contributed by atoms with Crippen LogP contribution in [0.1, 0.15) is 82.1 Å². The number of rotatable bonds is 11. The third-order valence-corrected chi connectivity index (χ3v) is 14.0. The van der Waals surface area contributed by atoms with Crippen molar-refractivity contribution in [2.45, 2.75) is 74.8 Å². The van der Waals surface area contributed by atoms with Gasteiger partial charge in [-0.3, -0.25) is 43.8 Å². The Kier molecular flexibility index (Phi) is 9.05. The summed E-state index contributed by atoms with van der Waals surface area (Å²) < 4.78 is 31.9. The molecule has 9 heterocycles. The van der Waals surface area contributed by atoms with Crippen LogP contribution in [0.5, 0.6) is 5.75 Å². The number of aromatic nitrogens is 5. The van der Waals surface area contributed by atoms with Crippen molar-refractivity contribution in [3.63, 3.8) is 0 Å². The highest BCUT2D eigenvalue weighted by Gasteiger charge is 2.48. The Balaban J connectivity index is 0.691. The number of benzene rings is 2. The minimum absolute atomic E-state index is 0.0442. The number of hydrogen-bond acceptors (Lipinski definition) is 13. The summed E-state index contributed by atoms with van der Waals surface area (Å²) in [6.45, 7) is 3.96. The van der Waals surface area contributed by atoms with Gasteiger partial charge in [-0.25, -0.2) is 13.9 Å². The SMILES string of the molecule is O=C1CCC(N2C(=O)c3ccc(N4CC(F)(CN5CCC(n6cc7cc(NC(=O)c8cnn9ccc(N%10C[C@H]%11C[C@@H]%10CO%11)nc89)c(OCC8CC8)cc7n6)CC5)C4)cc3C2=O)C(=O)N1. The van der Waals surface area contributed by atoms with Crippen molar-refractivity contribution in [3.05, 3.63) is 71.7 Å². The van der Waals surface area contributed by atoms with Gasteiger partial charge in [0.1, 0.15) is 23.2 Å². The van der Waals surface area contributed by atoms with Crippen LogP contribution in [-0.2, 0) is 14.3 Å². The number of carbonyl (C=O) groups is 5. The summed E-state index contributed by atoms with van der Waals surface area (Å²) >= 11 is 0. The molecule has 0 spiro atoms. The number of likely N-dealkylation sites (tertiary alicyclic amines) is 1. The van der Waals surface area contributed by atoms with E-state index in [1.54, 1.807) is 28.9 Å². The van der Waals surface area contributed by atoms with Gasteiger partial charge in [0, 0.05) is 62.1 Å². The number of piperidine rings is 2. The molecule has 1 unspecified atom stereocenters. The molecule has 3 atom stereocenters. The fraction of sp³-hybridized carbons (Fsp3) is 0.467. The molecule has 18 nitrogen and oxygen atoms in total. The number of ether oxygens (including phenoxy) is 2. The van der Waals surface area contributed by atoms with Crippen LogP contribution >= 0.6 is 0 Å². The topological polar surface area (TPSA) is 189 Å². The number of morpholine rings is 1. The van der Waals surface area contributed by atoms with E-state index in [-0.39, 0.29) is 67.7 Å². The standard InChI is InChI=1S/C45H46FN11O7/c46-45(23-53(24-45)28-3-4-31-32(15-28)44(62)57(43(31)61)36-5-6-39(58)50-42(36)60)22-52-10-7-27(8-11-52)56-18-26-13-35(37(16-34(26)51-56)64-20-25-1-2-25)48-41(59)33-17-47-55-12-9-38(49-40(33)55)54-19-30-14-29(54)21-63-30/h3-4,9,12-13,15-18,25,27,29-30,36H,1-2,5-8,10-11,14,19-24H2,(H,48,59)(H,50,58,60)/t29-,30-,36?/m1/s1. The number of nitrogens with one attached hydrogen (secondary N) is 2. The number of nitrogens with zero attached hydrogens (tertiary/aromatic N) is 9. The maximum Gasteiger partial charge on any atom is 0.262 e. The minimum Gasteiger partial charge on any atom is -0.491 e. The van der Waals surface area contributed by atoms with Crippen molar-refractivity contribution in [2.75, 3.05) is 67.6 Å². The molecule has 5 saturated heterocycles. The predicted molar refractivity (Wildman–Crippen MR) is 228 cm³/mol. The molecule has 6 fully saturated rings. The molecule has 1 aliphatic carbocycles. The second kappa shape index (κ2) is 14.8. The van der Waals surface area contributed by atoms with E-state index in [2.05, 4.69) is 25.5 Å². The van der Waals surface area contributed by atoms with Crippen LogP contribution in [0, 0.1) is 5.92 Å². The van der Waals surface area contributed by atoms with E-state index in [1.807, 2.05) is 40.2 Å². The molecule has 64 heavy (non-hydrogen) atoms. The summed E-state index contributed by atoms with van der Waals surface area (Å²) in [6.07, 6.45) is 10.5. The molecule has 5 amide bonds. The Bertz CT molecular complexity index is 2790. The van der Waals surface area contributed by atoms with Crippen LogP contribution in [0.3, 0.4) is 0 Å². The Labute approximate surface area is 365 Å². The highest BCUT2D eigenvalue weighted by atomic mass is 19.1. The number of fused-ring (bicyclic) bond motifs is 5. The average Bonchev–Trinajstić information content (AvgIpc) is 3.65. The van der Waals surface area contributed by atoms with Gasteiger partial charge in [-0.2, -0.15) is 10.2 Å². The van der Waals surface area contributed by atoms with Crippen molar-refractivity contribution < 1.29 is 37.8 Å². The fourth-order valence-electron chi connectivity index (χ4n) is 10.3. The molecular weight excluding hydrogens is 826 g/mol. The van der Waals surface area contributed by atoms with Crippen molar-refractivity contribution >= 4 is 63.3 Å². The number of amides is 5. The normalized spacial score (nSPS) is 24.5. The van der Waals surface area contributed by atoms with E-state index >= 15 is 4.39 Å². The molecule has 19 heteroatoms. The van der Waals surface area contributed by atoms with Gasteiger partial charge in [-0.1, -0.05) is 0 Å². The Morgan fingerprint density at radius 1 is 0.984 bits per heavy atom. The zero-order valence-electron chi connectivity index (χ0n) is 35.0. The first kappa shape index (κ1) is 39.1. The molecule has 2 aromatic carbocycles. The average molecular weight is 872 g/mol. The smallest absolute Gasteiger partial charge is 0.262 e. The zero-order chi connectivity index (χ0) is 43.4.